The van der Waals surface area contributed by atoms with Gasteiger partial charge in [0, 0.05) is 12.6 Å². The summed E-state index contributed by atoms with van der Waals surface area (Å²) in [7, 11) is 0. The van der Waals surface area contributed by atoms with Gasteiger partial charge in [-0.2, -0.15) is 9.78 Å². The maximum absolute atomic E-state index is 12.7. The highest BCUT2D eigenvalue weighted by Gasteiger charge is 2.29. The summed E-state index contributed by atoms with van der Waals surface area (Å²) >= 11 is 0. The van der Waals surface area contributed by atoms with Crippen LogP contribution in [0.4, 0.5) is 0 Å². The Morgan fingerprint density at radius 2 is 1.91 bits per heavy atom. The van der Waals surface area contributed by atoms with E-state index < -0.39 is 0 Å². The van der Waals surface area contributed by atoms with E-state index in [-0.39, 0.29) is 29.3 Å². The molecule has 0 aliphatic carbocycles. The lowest BCUT2D eigenvalue weighted by molar-refractivity contribution is -0.0389. The van der Waals surface area contributed by atoms with E-state index in [1.165, 1.54) is 16.8 Å². The quantitative estimate of drug-likeness (QED) is 0.842. The fraction of sp³-hybridized carbons (Fsp3) is 0.353. The van der Waals surface area contributed by atoms with E-state index >= 15 is 0 Å². The van der Waals surface area contributed by atoms with Crippen molar-refractivity contribution in [2.45, 2.75) is 26.0 Å². The van der Waals surface area contributed by atoms with Crippen LogP contribution in [0.5, 0.6) is 0 Å². The molecular formula is C17H19N3O3. The van der Waals surface area contributed by atoms with E-state index in [0.717, 1.165) is 0 Å². The van der Waals surface area contributed by atoms with Gasteiger partial charge in [0.15, 0.2) is 0 Å². The first-order chi connectivity index (χ1) is 11.1. The molecule has 1 aliphatic rings. The lowest BCUT2D eigenvalue weighted by Gasteiger charge is -2.36. The normalized spacial score (nSPS) is 21.2. The lowest BCUT2D eigenvalue weighted by Crippen LogP contribution is -2.50. The predicted molar refractivity (Wildman–Crippen MR) is 85.7 cm³/mol. The van der Waals surface area contributed by atoms with Crippen LogP contribution in [0.15, 0.2) is 47.3 Å². The minimum Gasteiger partial charge on any atom is -0.375 e. The zero-order valence-corrected chi connectivity index (χ0v) is 13.2. The molecule has 0 radical (unpaired) electrons. The maximum Gasteiger partial charge on any atom is 0.274 e. The van der Waals surface area contributed by atoms with Gasteiger partial charge >= 0.3 is 0 Å². The van der Waals surface area contributed by atoms with Crippen molar-refractivity contribution in [1.29, 1.82) is 0 Å². The highest BCUT2D eigenvalue weighted by Crippen LogP contribution is 2.14. The van der Waals surface area contributed by atoms with Crippen molar-refractivity contribution in [2.24, 2.45) is 0 Å². The van der Waals surface area contributed by atoms with Crippen LogP contribution in [0, 0.1) is 0 Å². The van der Waals surface area contributed by atoms with Crippen molar-refractivity contribution in [3.05, 3.63) is 58.5 Å². The molecule has 23 heavy (non-hydrogen) atoms. The minimum atomic E-state index is -0.267. The maximum atomic E-state index is 12.7. The molecule has 0 saturated carbocycles. The predicted octanol–water partition coefficient (Wildman–Crippen LogP) is 1.48. The molecule has 0 bridgehead atoms. The van der Waals surface area contributed by atoms with Gasteiger partial charge in [-0.05, 0) is 32.0 Å². The molecule has 6 nitrogen and oxygen atoms in total. The Bertz CT molecular complexity index is 757. The van der Waals surface area contributed by atoms with Crippen LogP contribution in [0.25, 0.3) is 5.69 Å². The van der Waals surface area contributed by atoms with Crippen LogP contribution in [0.2, 0.25) is 0 Å². The number of hydrogen-bond donors (Lipinski definition) is 0. The number of aromatic nitrogens is 2. The third kappa shape index (κ3) is 3.17. The average Bonchev–Trinajstić information content (AvgIpc) is 2.57. The van der Waals surface area contributed by atoms with Crippen molar-refractivity contribution in [3.63, 3.8) is 0 Å². The monoisotopic (exact) mass is 313 g/mol. The number of rotatable bonds is 2. The summed E-state index contributed by atoms with van der Waals surface area (Å²) in [6, 6.07) is 11.9. The molecule has 3 rings (SSSR count). The van der Waals surface area contributed by atoms with E-state index in [0.29, 0.717) is 18.8 Å². The van der Waals surface area contributed by atoms with Gasteiger partial charge < -0.3 is 9.64 Å². The Hall–Kier alpha value is -2.47. The highest BCUT2D eigenvalue weighted by molar-refractivity contribution is 5.92. The molecule has 2 unspecified atom stereocenters. The molecule has 0 spiro atoms. The molecule has 1 aromatic heterocycles. The summed E-state index contributed by atoms with van der Waals surface area (Å²) in [5, 5.41) is 4.25. The largest absolute Gasteiger partial charge is 0.375 e. The van der Waals surface area contributed by atoms with Crippen LogP contribution in [-0.4, -0.2) is 45.9 Å². The van der Waals surface area contributed by atoms with Crippen molar-refractivity contribution < 1.29 is 9.53 Å². The molecule has 1 aliphatic heterocycles. The molecule has 1 aromatic carbocycles. The van der Waals surface area contributed by atoms with Gasteiger partial charge in [0.2, 0.25) is 0 Å². The van der Waals surface area contributed by atoms with Crippen molar-refractivity contribution in [1.82, 2.24) is 14.7 Å². The van der Waals surface area contributed by atoms with Gasteiger partial charge in [0.1, 0.15) is 5.69 Å². The number of hydrogen-bond acceptors (Lipinski definition) is 4. The Morgan fingerprint density at radius 1 is 1.17 bits per heavy atom. The standard InChI is InChI=1S/C17H19N3O3/c1-12-11-23-13(2)10-19(12)17(22)15-8-9-16(21)20(18-15)14-6-4-3-5-7-14/h3-9,12-13H,10-11H2,1-2H3. The van der Waals surface area contributed by atoms with Gasteiger partial charge in [0.05, 0.1) is 24.4 Å². The Morgan fingerprint density at radius 3 is 2.65 bits per heavy atom. The summed E-state index contributed by atoms with van der Waals surface area (Å²) in [4.78, 5) is 26.5. The summed E-state index contributed by atoms with van der Waals surface area (Å²) in [6.45, 7) is 4.90. The molecular weight excluding hydrogens is 294 g/mol. The molecule has 2 aromatic rings. The zero-order chi connectivity index (χ0) is 16.4. The molecule has 120 valence electrons. The van der Waals surface area contributed by atoms with Crippen LogP contribution < -0.4 is 5.56 Å². The van der Waals surface area contributed by atoms with Crippen LogP contribution in [0.1, 0.15) is 24.3 Å². The number of benzene rings is 1. The number of para-hydroxylation sites is 1. The van der Waals surface area contributed by atoms with Crippen molar-refractivity contribution in [2.75, 3.05) is 13.2 Å². The summed E-state index contributed by atoms with van der Waals surface area (Å²) in [6.07, 6.45) is -0.00446. The first-order valence-electron chi connectivity index (χ1n) is 7.64. The van der Waals surface area contributed by atoms with E-state index in [1.54, 1.807) is 17.0 Å². The molecule has 2 atom stereocenters. The second-order valence-corrected chi connectivity index (χ2v) is 5.75. The molecule has 2 heterocycles. The fourth-order valence-corrected chi connectivity index (χ4v) is 2.61. The number of carbonyl (C=O) groups is 1. The van der Waals surface area contributed by atoms with Gasteiger partial charge in [-0.1, -0.05) is 18.2 Å². The molecule has 0 N–H and O–H groups in total. The van der Waals surface area contributed by atoms with Crippen LogP contribution >= 0.6 is 0 Å². The fourth-order valence-electron chi connectivity index (χ4n) is 2.61. The number of ether oxygens (including phenoxy) is 1. The topological polar surface area (TPSA) is 64.4 Å². The molecule has 1 amide bonds. The van der Waals surface area contributed by atoms with E-state index in [2.05, 4.69) is 5.10 Å². The van der Waals surface area contributed by atoms with Gasteiger partial charge in [-0.15, -0.1) is 0 Å². The Kier molecular flexibility index (Phi) is 4.25. The van der Waals surface area contributed by atoms with Gasteiger partial charge in [-0.25, -0.2) is 0 Å². The van der Waals surface area contributed by atoms with E-state index in [1.807, 2.05) is 32.0 Å². The summed E-state index contributed by atoms with van der Waals surface area (Å²) in [5.74, 6) is -0.183. The molecule has 6 heteroatoms. The van der Waals surface area contributed by atoms with Gasteiger partial charge in [-0.3, -0.25) is 9.59 Å². The van der Waals surface area contributed by atoms with Crippen LogP contribution in [-0.2, 0) is 4.74 Å². The Labute approximate surface area is 134 Å². The number of morpholine rings is 1. The summed E-state index contributed by atoms with van der Waals surface area (Å²) < 4.78 is 6.80. The first kappa shape index (κ1) is 15.4. The van der Waals surface area contributed by atoms with Gasteiger partial charge in [0.25, 0.3) is 11.5 Å². The smallest absolute Gasteiger partial charge is 0.274 e. The minimum absolute atomic E-state index is 0.00446. The average molecular weight is 313 g/mol. The van der Waals surface area contributed by atoms with Crippen LogP contribution in [0.3, 0.4) is 0 Å². The van der Waals surface area contributed by atoms with Crippen molar-refractivity contribution in [3.8, 4) is 5.69 Å². The SMILES string of the molecule is CC1CN(C(=O)c2ccc(=O)n(-c3ccccc3)n2)C(C)CO1. The van der Waals surface area contributed by atoms with E-state index in [9.17, 15) is 9.59 Å². The van der Waals surface area contributed by atoms with Crippen molar-refractivity contribution >= 4 is 5.91 Å². The number of carbonyl (C=O) groups excluding carboxylic acids is 1. The second kappa shape index (κ2) is 6.34. The third-order valence-electron chi connectivity index (χ3n) is 3.89. The zero-order valence-electron chi connectivity index (χ0n) is 13.2. The third-order valence-corrected chi connectivity index (χ3v) is 3.89. The second-order valence-electron chi connectivity index (χ2n) is 5.75. The lowest BCUT2D eigenvalue weighted by atomic mass is 10.2. The molecule has 1 saturated heterocycles. The number of amides is 1. The Balaban J connectivity index is 1.94. The first-order valence-corrected chi connectivity index (χ1v) is 7.64. The summed E-state index contributed by atoms with van der Waals surface area (Å²) in [5.41, 5.74) is 0.626. The van der Waals surface area contributed by atoms with E-state index in [4.69, 9.17) is 4.74 Å². The number of nitrogens with zero attached hydrogens (tertiary/aromatic N) is 3. The highest BCUT2D eigenvalue weighted by atomic mass is 16.5. The molecule has 1 fully saturated rings.